The summed E-state index contributed by atoms with van der Waals surface area (Å²) >= 11 is 3.58. The first-order chi connectivity index (χ1) is 12.7. The third kappa shape index (κ3) is 3.51. The Bertz CT molecular complexity index is 808. The molecule has 1 atom stereocenters. The highest BCUT2D eigenvalue weighted by molar-refractivity contribution is 9.10. The molecular formula is C19H20BrN3O3. The van der Waals surface area contributed by atoms with Crippen LogP contribution in [-0.2, 0) is 22.5 Å². The van der Waals surface area contributed by atoms with Crippen molar-refractivity contribution in [3.8, 4) is 0 Å². The summed E-state index contributed by atoms with van der Waals surface area (Å²) in [5.74, 6) is 0.504. The maximum absolute atomic E-state index is 12.9. The fourth-order valence-corrected chi connectivity index (χ4v) is 3.75. The smallest absolute Gasteiger partial charge is 0.278 e. The standard InChI is InChI=1S/C19H20BrN3O3/c20-15-6-9-22-18(14(15)12-26-16-5-1-2-11-25-16)23-10-7-13-4-3-8-21-17(13)19(23)24/h3-4,6,8-9,16H,1-2,5,7,10-12H2. The van der Waals surface area contributed by atoms with E-state index < -0.39 is 0 Å². The molecule has 0 aromatic carbocycles. The van der Waals surface area contributed by atoms with Gasteiger partial charge in [0.05, 0.1) is 6.61 Å². The zero-order valence-corrected chi connectivity index (χ0v) is 15.9. The Morgan fingerprint density at radius 1 is 1.27 bits per heavy atom. The van der Waals surface area contributed by atoms with E-state index >= 15 is 0 Å². The van der Waals surface area contributed by atoms with Gasteiger partial charge in [-0.05, 0) is 43.4 Å². The molecule has 2 aromatic heterocycles. The van der Waals surface area contributed by atoms with Crippen molar-refractivity contribution in [2.45, 2.75) is 38.6 Å². The minimum Gasteiger partial charge on any atom is -0.353 e. The van der Waals surface area contributed by atoms with Gasteiger partial charge < -0.3 is 9.47 Å². The van der Waals surface area contributed by atoms with Gasteiger partial charge in [-0.1, -0.05) is 22.0 Å². The lowest BCUT2D eigenvalue weighted by Crippen LogP contribution is -2.39. The molecule has 136 valence electrons. The first-order valence-corrected chi connectivity index (χ1v) is 9.65. The van der Waals surface area contributed by atoms with Gasteiger partial charge in [-0.3, -0.25) is 14.7 Å². The van der Waals surface area contributed by atoms with Crippen molar-refractivity contribution in [1.82, 2.24) is 9.97 Å². The van der Waals surface area contributed by atoms with Crippen molar-refractivity contribution >= 4 is 27.7 Å². The van der Waals surface area contributed by atoms with Gasteiger partial charge in [0.2, 0.25) is 0 Å². The number of ether oxygens (including phenoxy) is 2. The number of nitrogens with zero attached hydrogens (tertiary/aromatic N) is 3. The van der Waals surface area contributed by atoms with Crippen LogP contribution in [0, 0.1) is 0 Å². The molecule has 2 aliphatic heterocycles. The highest BCUT2D eigenvalue weighted by Gasteiger charge is 2.29. The average Bonchev–Trinajstić information content (AvgIpc) is 2.68. The number of hydrogen-bond acceptors (Lipinski definition) is 5. The number of carbonyl (C=O) groups excluding carboxylic acids is 1. The Balaban J connectivity index is 1.58. The quantitative estimate of drug-likeness (QED) is 0.761. The van der Waals surface area contributed by atoms with Gasteiger partial charge in [0.15, 0.2) is 6.29 Å². The Hall–Kier alpha value is -1.83. The zero-order chi connectivity index (χ0) is 17.9. The normalized spacial score (nSPS) is 20.1. The van der Waals surface area contributed by atoms with Crippen molar-refractivity contribution in [1.29, 1.82) is 0 Å². The van der Waals surface area contributed by atoms with E-state index in [1.54, 1.807) is 17.3 Å². The monoisotopic (exact) mass is 417 g/mol. The molecule has 0 N–H and O–H groups in total. The average molecular weight is 418 g/mol. The van der Waals surface area contributed by atoms with Crippen LogP contribution >= 0.6 is 15.9 Å². The summed E-state index contributed by atoms with van der Waals surface area (Å²) in [6.45, 7) is 1.65. The molecule has 0 saturated carbocycles. The van der Waals surface area contributed by atoms with E-state index in [1.165, 1.54) is 0 Å². The van der Waals surface area contributed by atoms with Gasteiger partial charge in [-0.15, -0.1) is 0 Å². The Kier molecular flexibility index (Phi) is 5.28. The van der Waals surface area contributed by atoms with E-state index in [-0.39, 0.29) is 12.2 Å². The van der Waals surface area contributed by atoms with Crippen molar-refractivity contribution in [2.75, 3.05) is 18.1 Å². The number of amides is 1. The largest absolute Gasteiger partial charge is 0.353 e. The van der Waals surface area contributed by atoms with Crippen molar-refractivity contribution in [3.63, 3.8) is 0 Å². The second-order valence-corrected chi connectivity index (χ2v) is 7.27. The maximum Gasteiger partial charge on any atom is 0.278 e. The molecule has 0 spiro atoms. The van der Waals surface area contributed by atoms with Gasteiger partial charge >= 0.3 is 0 Å². The van der Waals surface area contributed by atoms with Crippen LogP contribution in [-0.4, -0.2) is 35.3 Å². The fraction of sp³-hybridized carbons (Fsp3) is 0.421. The van der Waals surface area contributed by atoms with Gasteiger partial charge in [0.25, 0.3) is 5.91 Å². The molecule has 0 bridgehead atoms. The van der Waals surface area contributed by atoms with E-state index in [4.69, 9.17) is 9.47 Å². The van der Waals surface area contributed by atoms with Gasteiger partial charge in [0.1, 0.15) is 11.5 Å². The molecule has 2 aromatic rings. The van der Waals surface area contributed by atoms with Crippen LogP contribution in [0.5, 0.6) is 0 Å². The fourth-order valence-electron chi connectivity index (χ4n) is 3.34. The van der Waals surface area contributed by atoms with Gasteiger partial charge in [-0.25, -0.2) is 4.98 Å². The zero-order valence-electron chi connectivity index (χ0n) is 14.4. The van der Waals surface area contributed by atoms with Crippen molar-refractivity contribution in [3.05, 3.63) is 51.9 Å². The predicted octanol–water partition coefficient (Wildman–Crippen LogP) is 3.49. The topological polar surface area (TPSA) is 64.6 Å². The van der Waals surface area contributed by atoms with Crippen LogP contribution in [0.25, 0.3) is 0 Å². The second-order valence-electron chi connectivity index (χ2n) is 6.42. The van der Waals surface area contributed by atoms with Crippen molar-refractivity contribution in [2.24, 2.45) is 0 Å². The first-order valence-electron chi connectivity index (χ1n) is 8.86. The number of fused-ring (bicyclic) bond motifs is 1. The first kappa shape index (κ1) is 17.6. The van der Waals surface area contributed by atoms with Crippen LogP contribution in [0.4, 0.5) is 5.82 Å². The summed E-state index contributed by atoms with van der Waals surface area (Å²) in [6, 6.07) is 5.68. The van der Waals surface area contributed by atoms with Crippen LogP contribution in [0.2, 0.25) is 0 Å². The molecule has 1 amide bonds. The molecule has 0 aliphatic carbocycles. The molecule has 7 heteroatoms. The lowest BCUT2D eigenvalue weighted by Gasteiger charge is -2.29. The summed E-state index contributed by atoms with van der Waals surface area (Å²) in [7, 11) is 0. The van der Waals surface area contributed by atoms with Crippen LogP contribution < -0.4 is 4.90 Å². The number of hydrogen-bond donors (Lipinski definition) is 0. The third-order valence-corrected chi connectivity index (χ3v) is 5.47. The van der Waals surface area contributed by atoms with E-state index in [0.717, 1.165) is 47.9 Å². The van der Waals surface area contributed by atoms with Gasteiger partial charge in [0, 0.05) is 35.6 Å². The summed E-state index contributed by atoms with van der Waals surface area (Å²) < 4.78 is 12.5. The Morgan fingerprint density at radius 2 is 2.19 bits per heavy atom. The third-order valence-electron chi connectivity index (χ3n) is 4.73. The molecule has 26 heavy (non-hydrogen) atoms. The predicted molar refractivity (Wildman–Crippen MR) is 99.9 cm³/mol. The van der Waals surface area contributed by atoms with E-state index in [1.807, 2.05) is 18.2 Å². The van der Waals surface area contributed by atoms with Crippen LogP contribution in [0.3, 0.4) is 0 Å². The highest BCUT2D eigenvalue weighted by atomic mass is 79.9. The lowest BCUT2D eigenvalue weighted by atomic mass is 10.0. The van der Waals surface area contributed by atoms with E-state index in [9.17, 15) is 4.79 Å². The summed E-state index contributed by atoms with van der Waals surface area (Å²) in [5, 5.41) is 0. The van der Waals surface area contributed by atoms with Crippen molar-refractivity contribution < 1.29 is 14.3 Å². The Morgan fingerprint density at radius 3 is 3.04 bits per heavy atom. The van der Waals surface area contributed by atoms with Crippen LogP contribution in [0.1, 0.15) is 40.9 Å². The number of rotatable bonds is 4. The van der Waals surface area contributed by atoms with Gasteiger partial charge in [-0.2, -0.15) is 0 Å². The number of anilines is 1. The van der Waals surface area contributed by atoms with Crippen LogP contribution in [0.15, 0.2) is 35.1 Å². The maximum atomic E-state index is 12.9. The molecule has 1 unspecified atom stereocenters. The molecule has 4 heterocycles. The summed E-state index contributed by atoms with van der Waals surface area (Å²) in [6.07, 6.45) is 7.00. The molecule has 6 nitrogen and oxygen atoms in total. The summed E-state index contributed by atoms with van der Waals surface area (Å²) in [4.78, 5) is 23.4. The molecule has 2 aliphatic rings. The highest BCUT2D eigenvalue weighted by Crippen LogP contribution is 2.30. The number of halogens is 1. The number of pyridine rings is 2. The molecule has 1 saturated heterocycles. The number of aromatic nitrogens is 2. The second kappa shape index (κ2) is 7.82. The summed E-state index contributed by atoms with van der Waals surface area (Å²) in [5.41, 5.74) is 2.34. The SMILES string of the molecule is O=C1c2ncccc2CCN1c1nccc(Br)c1COC1CCCCO1. The minimum absolute atomic E-state index is 0.118. The Labute approximate surface area is 160 Å². The minimum atomic E-state index is -0.192. The van der Waals surface area contributed by atoms with E-state index in [0.29, 0.717) is 24.7 Å². The molecule has 4 rings (SSSR count). The molecule has 1 fully saturated rings. The lowest BCUT2D eigenvalue weighted by molar-refractivity contribution is -0.168. The molecular weight excluding hydrogens is 398 g/mol. The molecule has 0 radical (unpaired) electrons. The number of carbonyl (C=O) groups is 1. The van der Waals surface area contributed by atoms with E-state index in [2.05, 4.69) is 25.9 Å².